The fraction of sp³-hybridized carbons (Fsp3) is 1.00. The third kappa shape index (κ3) is 3.13. The molecule has 2 aliphatic heterocycles. The van der Waals surface area contributed by atoms with E-state index in [1.807, 2.05) is 0 Å². The molecule has 0 aromatic carbocycles. The highest BCUT2D eigenvalue weighted by Gasteiger charge is 2.43. The Labute approximate surface area is 118 Å². The van der Waals surface area contributed by atoms with Gasteiger partial charge in [0.2, 0.25) is 0 Å². The van der Waals surface area contributed by atoms with Gasteiger partial charge >= 0.3 is 0 Å². The monoisotopic (exact) mass is 268 g/mol. The maximum Gasteiger partial charge on any atom is 0.0471 e. The predicted octanol–water partition coefficient (Wildman–Crippen LogP) is 0.824. The SMILES string of the molecule is CC(C)N1CCN(C2(CN)CCN(C(C)C)C2)CC1. The van der Waals surface area contributed by atoms with Crippen molar-refractivity contribution < 1.29 is 0 Å². The standard InChI is InChI=1S/C15H32N4/c1-13(2)17-7-9-19(10-8-17)15(11-16)5-6-18(12-15)14(3)4/h13-14H,5-12,16H2,1-4H3. The zero-order chi connectivity index (χ0) is 14.0. The van der Waals surface area contributed by atoms with E-state index in [9.17, 15) is 0 Å². The molecular formula is C15H32N4. The summed E-state index contributed by atoms with van der Waals surface area (Å²) in [5.41, 5.74) is 6.42. The molecule has 4 nitrogen and oxygen atoms in total. The molecule has 2 saturated heterocycles. The normalized spacial score (nSPS) is 31.7. The predicted molar refractivity (Wildman–Crippen MR) is 81.4 cm³/mol. The molecule has 2 heterocycles. The smallest absolute Gasteiger partial charge is 0.0471 e. The molecular weight excluding hydrogens is 236 g/mol. The number of likely N-dealkylation sites (tertiary alicyclic amines) is 1. The third-order valence-electron chi connectivity index (χ3n) is 5.19. The van der Waals surface area contributed by atoms with Crippen LogP contribution < -0.4 is 5.73 Å². The van der Waals surface area contributed by atoms with Crippen LogP contribution in [0.1, 0.15) is 34.1 Å². The van der Waals surface area contributed by atoms with Crippen molar-refractivity contribution in [3.63, 3.8) is 0 Å². The van der Waals surface area contributed by atoms with Crippen LogP contribution in [-0.2, 0) is 0 Å². The van der Waals surface area contributed by atoms with Gasteiger partial charge in [0.1, 0.15) is 0 Å². The molecule has 4 heteroatoms. The molecule has 112 valence electrons. The summed E-state index contributed by atoms with van der Waals surface area (Å²) in [4.78, 5) is 7.84. The first-order valence-electron chi connectivity index (χ1n) is 7.92. The summed E-state index contributed by atoms with van der Waals surface area (Å²) >= 11 is 0. The summed E-state index contributed by atoms with van der Waals surface area (Å²) in [6.45, 7) is 17.1. The van der Waals surface area contributed by atoms with Crippen molar-refractivity contribution >= 4 is 0 Å². The molecule has 0 amide bonds. The minimum atomic E-state index is 0.243. The van der Waals surface area contributed by atoms with Crippen molar-refractivity contribution in [2.75, 3.05) is 45.8 Å². The van der Waals surface area contributed by atoms with Crippen LogP contribution in [0.4, 0.5) is 0 Å². The van der Waals surface area contributed by atoms with E-state index in [1.54, 1.807) is 0 Å². The van der Waals surface area contributed by atoms with Gasteiger partial charge in [0.15, 0.2) is 0 Å². The molecule has 0 spiro atoms. The molecule has 0 bridgehead atoms. The lowest BCUT2D eigenvalue weighted by Crippen LogP contribution is -2.62. The van der Waals surface area contributed by atoms with Gasteiger partial charge in [0.25, 0.3) is 0 Å². The van der Waals surface area contributed by atoms with Crippen LogP contribution in [0.2, 0.25) is 0 Å². The molecule has 2 rings (SSSR count). The maximum absolute atomic E-state index is 6.17. The molecule has 1 atom stereocenters. The van der Waals surface area contributed by atoms with Crippen molar-refractivity contribution in [2.45, 2.75) is 51.7 Å². The summed E-state index contributed by atoms with van der Waals surface area (Å²) in [7, 11) is 0. The van der Waals surface area contributed by atoms with E-state index >= 15 is 0 Å². The molecule has 2 fully saturated rings. The Hall–Kier alpha value is -0.160. The second-order valence-corrected chi connectivity index (χ2v) is 6.86. The lowest BCUT2D eigenvalue weighted by Gasteiger charge is -2.46. The Morgan fingerprint density at radius 2 is 1.47 bits per heavy atom. The summed E-state index contributed by atoms with van der Waals surface area (Å²) in [5, 5.41) is 0. The van der Waals surface area contributed by atoms with Gasteiger partial charge in [-0.05, 0) is 34.1 Å². The molecule has 1 unspecified atom stereocenters. The number of hydrogen-bond donors (Lipinski definition) is 1. The van der Waals surface area contributed by atoms with Crippen LogP contribution in [0.5, 0.6) is 0 Å². The topological polar surface area (TPSA) is 35.7 Å². The van der Waals surface area contributed by atoms with E-state index in [4.69, 9.17) is 5.73 Å². The molecule has 0 aromatic rings. The van der Waals surface area contributed by atoms with Gasteiger partial charge in [-0.1, -0.05) is 0 Å². The average molecular weight is 268 g/mol. The van der Waals surface area contributed by atoms with Crippen LogP contribution >= 0.6 is 0 Å². The second-order valence-electron chi connectivity index (χ2n) is 6.86. The summed E-state index contributed by atoms with van der Waals surface area (Å²) in [5.74, 6) is 0. The van der Waals surface area contributed by atoms with Gasteiger partial charge in [-0.25, -0.2) is 0 Å². The fourth-order valence-corrected chi connectivity index (χ4v) is 3.60. The van der Waals surface area contributed by atoms with Gasteiger partial charge in [-0.2, -0.15) is 0 Å². The van der Waals surface area contributed by atoms with E-state index in [0.29, 0.717) is 12.1 Å². The average Bonchev–Trinajstić information content (AvgIpc) is 2.85. The van der Waals surface area contributed by atoms with E-state index < -0.39 is 0 Å². The highest BCUT2D eigenvalue weighted by molar-refractivity contribution is 5.02. The minimum Gasteiger partial charge on any atom is -0.329 e. The highest BCUT2D eigenvalue weighted by Crippen LogP contribution is 2.29. The van der Waals surface area contributed by atoms with Crippen LogP contribution in [0.15, 0.2) is 0 Å². The number of nitrogens with zero attached hydrogens (tertiary/aromatic N) is 3. The maximum atomic E-state index is 6.17. The van der Waals surface area contributed by atoms with Crippen LogP contribution in [-0.4, -0.2) is 78.1 Å². The summed E-state index contributed by atoms with van der Waals surface area (Å²) in [6.07, 6.45) is 1.24. The van der Waals surface area contributed by atoms with Crippen LogP contribution in [0.25, 0.3) is 0 Å². The van der Waals surface area contributed by atoms with Gasteiger partial charge in [0, 0.05) is 63.4 Å². The van der Waals surface area contributed by atoms with Gasteiger partial charge in [0.05, 0.1) is 0 Å². The van der Waals surface area contributed by atoms with E-state index in [0.717, 1.165) is 13.1 Å². The van der Waals surface area contributed by atoms with Gasteiger partial charge in [-0.15, -0.1) is 0 Å². The first kappa shape index (κ1) is 15.2. The van der Waals surface area contributed by atoms with Gasteiger partial charge < -0.3 is 5.73 Å². The Bertz CT molecular complexity index is 284. The van der Waals surface area contributed by atoms with Crippen molar-refractivity contribution in [3.8, 4) is 0 Å². The molecule has 0 radical (unpaired) electrons. The number of rotatable bonds is 4. The van der Waals surface area contributed by atoms with Crippen molar-refractivity contribution in [1.82, 2.24) is 14.7 Å². The van der Waals surface area contributed by atoms with Crippen molar-refractivity contribution in [3.05, 3.63) is 0 Å². The van der Waals surface area contributed by atoms with E-state index in [-0.39, 0.29) is 5.54 Å². The second kappa shape index (κ2) is 6.08. The van der Waals surface area contributed by atoms with E-state index in [1.165, 1.54) is 39.1 Å². The van der Waals surface area contributed by atoms with Gasteiger partial charge in [-0.3, -0.25) is 14.7 Å². The molecule has 2 N–H and O–H groups in total. The molecule has 0 aromatic heterocycles. The molecule has 19 heavy (non-hydrogen) atoms. The molecule has 2 aliphatic rings. The Morgan fingerprint density at radius 3 is 1.89 bits per heavy atom. The van der Waals surface area contributed by atoms with E-state index in [2.05, 4.69) is 42.4 Å². The lowest BCUT2D eigenvalue weighted by molar-refractivity contribution is 0.0286. The van der Waals surface area contributed by atoms with Crippen molar-refractivity contribution in [1.29, 1.82) is 0 Å². The zero-order valence-corrected chi connectivity index (χ0v) is 13.2. The Kier molecular flexibility index (Phi) is 4.88. The van der Waals surface area contributed by atoms with Crippen molar-refractivity contribution in [2.24, 2.45) is 5.73 Å². The quantitative estimate of drug-likeness (QED) is 0.819. The molecule has 0 aliphatic carbocycles. The third-order valence-corrected chi connectivity index (χ3v) is 5.19. The Morgan fingerprint density at radius 1 is 0.895 bits per heavy atom. The molecule has 0 saturated carbocycles. The fourth-order valence-electron chi connectivity index (χ4n) is 3.60. The number of nitrogens with two attached hydrogens (primary N) is 1. The largest absolute Gasteiger partial charge is 0.329 e. The van der Waals surface area contributed by atoms with Crippen LogP contribution in [0.3, 0.4) is 0 Å². The lowest BCUT2D eigenvalue weighted by atomic mass is 9.95. The Balaban J connectivity index is 1.96. The first-order chi connectivity index (χ1) is 8.98. The minimum absolute atomic E-state index is 0.243. The number of hydrogen-bond acceptors (Lipinski definition) is 4. The summed E-state index contributed by atoms with van der Waals surface area (Å²) in [6, 6.07) is 1.32. The first-order valence-corrected chi connectivity index (χ1v) is 7.92. The highest BCUT2D eigenvalue weighted by atomic mass is 15.3. The van der Waals surface area contributed by atoms with Crippen LogP contribution in [0, 0.1) is 0 Å². The summed E-state index contributed by atoms with van der Waals surface area (Å²) < 4.78 is 0. The number of piperazine rings is 1. The zero-order valence-electron chi connectivity index (χ0n) is 13.2.